The molecule has 2 saturated heterocycles. The van der Waals surface area contributed by atoms with Crippen molar-refractivity contribution in [1.29, 1.82) is 0 Å². The molecule has 3 amide bonds. The number of anilines is 1. The van der Waals surface area contributed by atoms with Crippen LogP contribution in [0.15, 0.2) is 30.3 Å². The molecular weight excluding hydrogens is 583 g/mol. The third kappa shape index (κ3) is 7.05. The third-order valence-corrected chi connectivity index (χ3v) is 9.04. The highest BCUT2D eigenvalue weighted by Crippen LogP contribution is 2.35. The van der Waals surface area contributed by atoms with E-state index in [-0.39, 0.29) is 73.2 Å². The summed E-state index contributed by atoms with van der Waals surface area (Å²) < 4.78 is 25.2. The lowest BCUT2D eigenvalue weighted by atomic mass is 10.0. The van der Waals surface area contributed by atoms with Crippen LogP contribution in [0.5, 0.6) is 5.88 Å². The highest BCUT2D eigenvalue weighted by molar-refractivity contribution is 5.99. The van der Waals surface area contributed by atoms with Gasteiger partial charge in [-0.1, -0.05) is 12.1 Å². The molecule has 5 rings (SSSR count). The fourth-order valence-corrected chi connectivity index (χ4v) is 6.60. The Morgan fingerprint density at radius 2 is 1.69 bits per heavy atom. The summed E-state index contributed by atoms with van der Waals surface area (Å²) in [6, 6.07) is 7.31. The number of hydrogen-bond donors (Lipinski definition) is 2. The number of halogens is 1. The van der Waals surface area contributed by atoms with Crippen LogP contribution in [0.4, 0.5) is 14.9 Å². The molecule has 0 saturated carbocycles. The second kappa shape index (κ2) is 13.7. The van der Waals surface area contributed by atoms with E-state index in [1.165, 1.54) is 24.1 Å². The van der Waals surface area contributed by atoms with Crippen molar-refractivity contribution in [2.45, 2.75) is 64.3 Å². The first-order valence-corrected chi connectivity index (χ1v) is 15.5. The van der Waals surface area contributed by atoms with Gasteiger partial charge in [0.1, 0.15) is 23.8 Å². The predicted octanol–water partition coefficient (Wildman–Crippen LogP) is 2.45. The molecule has 1 aromatic carbocycles. The number of nitrogens with zero attached hydrogens (tertiary/aromatic N) is 5. The molecule has 0 spiro atoms. The number of fused-ring (bicyclic) bond motifs is 1. The maximum Gasteiger partial charge on any atom is 0.407 e. The average Bonchev–Trinajstić information content (AvgIpc) is 3.00. The Bertz CT molecular complexity index is 1400. The summed E-state index contributed by atoms with van der Waals surface area (Å²) in [5.74, 6) is -0.727. The van der Waals surface area contributed by atoms with Crippen molar-refractivity contribution in [3.63, 3.8) is 0 Å². The molecule has 3 aliphatic heterocycles. The predicted molar refractivity (Wildman–Crippen MR) is 165 cm³/mol. The Balaban J connectivity index is 1.44. The van der Waals surface area contributed by atoms with Crippen molar-refractivity contribution in [2.75, 3.05) is 57.9 Å². The van der Waals surface area contributed by atoms with Gasteiger partial charge in [-0.3, -0.25) is 19.4 Å². The van der Waals surface area contributed by atoms with Gasteiger partial charge in [0.25, 0.3) is 5.91 Å². The molecule has 2 fully saturated rings. The van der Waals surface area contributed by atoms with Crippen LogP contribution in [0.2, 0.25) is 0 Å². The first-order chi connectivity index (χ1) is 21.5. The molecule has 0 bridgehead atoms. The molecule has 13 heteroatoms. The van der Waals surface area contributed by atoms with Gasteiger partial charge in [-0.25, -0.2) is 14.2 Å². The second-order valence-corrected chi connectivity index (χ2v) is 12.4. The summed E-state index contributed by atoms with van der Waals surface area (Å²) >= 11 is 0. The number of nitrogens with one attached hydrogen (secondary N) is 1. The van der Waals surface area contributed by atoms with Crippen LogP contribution in [-0.2, 0) is 16.0 Å². The summed E-state index contributed by atoms with van der Waals surface area (Å²) in [6.07, 6.45) is -0.671. The van der Waals surface area contributed by atoms with E-state index in [0.717, 1.165) is 5.56 Å². The minimum atomic E-state index is -0.969. The number of amides is 3. The number of carbonyl (C=O) groups excluding carboxylic acids is 2. The van der Waals surface area contributed by atoms with Crippen LogP contribution in [0.1, 0.15) is 49.3 Å². The normalized spacial score (nSPS) is 25.8. The molecule has 4 heterocycles. The topological polar surface area (TPSA) is 128 Å². The molecule has 0 aliphatic carbocycles. The molecule has 3 aliphatic rings. The lowest BCUT2D eigenvalue weighted by molar-refractivity contribution is -0.122. The molecule has 2 aromatic rings. The van der Waals surface area contributed by atoms with E-state index in [0.29, 0.717) is 44.0 Å². The van der Waals surface area contributed by atoms with Gasteiger partial charge < -0.3 is 29.7 Å². The number of ether oxygens (including phenoxy) is 2. The van der Waals surface area contributed by atoms with E-state index < -0.39 is 12.0 Å². The summed E-state index contributed by atoms with van der Waals surface area (Å²) in [7, 11) is 1.52. The fourth-order valence-electron chi connectivity index (χ4n) is 6.60. The molecule has 2 N–H and O–H groups in total. The van der Waals surface area contributed by atoms with E-state index in [2.05, 4.69) is 33.9 Å². The van der Waals surface area contributed by atoms with Gasteiger partial charge >= 0.3 is 6.09 Å². The van der Waals surface area contributed by atoms with Crippen LogP contribution >= 0.6 is 0 Å². The Labute approximate surface area is 263 Å². The molecule has 12 nitrogen and oxygen atoms in total. The first-order valence-electron chi connectivity index (χ1n) is 15.5. The number of carbonyl (C=O) groups is 3. The highest BCUT2D eigenvalue weighted by atomic mass is 19.1. The van der Waals surface area contributed by atoms with Crippen LogP contribution < -0.4 is 15.0 Å². The molecule has 244 valence electrons. The van der Waals surface area contributed by atoms with Gasteiger partial charge in [0, 0.05) is 50.8 Å². The molecule has 0 unspecified atom stereocenters. The summed E-state index contributed by atoms with van der Waals surface area (Å²) in [5.41, 5.74) is 2.00. The number of hydrogen-bond acceptors (Lipinski definition) is 8. The van der Waals surface area contributed by atoms with Crippen LogP contribution in [0, 0.1) is 5.82 Å². The number of benzene rings is 1. The zero-order chi connectivity index (χ0) is 32.4. The zero-order valence-electron chi connectivity index (χ0n) is 26.5. The molecule has 1 aromatic heterocycles. The number of aromatic nitrogens is 1. The Morgan fingerprint density at radius 1 is 1.00 bits per heavy atom. The maximum absolute atomic E-state index is 14.2. The number of pyridine rings is 1. The largest absolute Gasteiger partial charge is 0.474 e. The summed E-state index contributed by atoms with van der Waals surface area (Å²) in [5, 5.41) is 12.5. The maximum atomic E-state index is 14.2. The Hall–Kier alpha value is -3.81. The zero-order valence-corrected chi connectivity index (χ0v) is 26.5. The van der Waals surface area contributed by atoms with E-state index in [1.807, 2.05) is 13.8 Å². The van der Waals surface area contributed by atoms with Gasteiger partial charge in [-0.05, 0) is 63.4 Å². The van der Waals surface area contributed by atoms with E-state index in [9.17, 15) is 23.9 Å². The number of piperazine rings is 1. The van der Waals surface area contributed by atoms with Crippen LogP contribution in [0.3, 0.4) is 0 Å². The van der Waals surface area contributed by atoms with Gasteiger partial charge in [-0.15, -0.1) is 0 Å². The monoisotopic (exact) mass is 626 g/mol. The quantitative estimate of drug-likeness (QED) is 0.477. The highest BCUT2D eigenvalue weighted by Gasteiger charge is 2.40. The summed E-state index contributed by atoms with van der Waals surface area (Å²) in [4.78, 5) is 51.3. The van der Waals surface area contributed by atoms with E-state index in [4.69, 9.17) is 9.47 Å². The SMILES string of the molecule is CNC(=O)c1nc2c(cc1Cc1ccc(F)cc1)N(C(=O)CN1C[C@@H](C)N(C(=O)O)C[C@@H]1CN1[C@H](C)COC[C@H]1C)[C@@H](C)CO2. The van der Waals surface area contributed by atoms with E-state index in [1.54, 1.807) is 23.1 Å². The molecule has 45 heavy (non-hydrogen) atoms. The minimum Gasteiger partial charge on any atom is -0.474 e. The van der Waals surface area contributed by atoms with Crippen molar-refractivity contribution >= 4 is 23.6 Å². The van der Waals surface area contributed by atoms with Crippen molar-refractivity contribution in [1.82, 2.24) is 25.0 Å². The molecule has 0 radical (unpaired) electrons. The Kier molecular flexibility index (Phi) is 9.90. The van der Waals surface area contributed by atoms with Crippen molar-refractivity contribution in [3.05, 3.63) is 53.0 Å². The Morgan fingerprint density at radius 3 is 2.33 bits per heavy atom. The van der Waals surface area contributed by atoms with Gasteiger partial charge in [0.2, 0.25) is 11.8 Å². The molecule has 5 atom stereocenters. The van der Waals surface area contributed by atoms with Gasteiger partial charge in [-0.2, -0.15) is 0 Å². The lowest BCUT2D eigenvalue weighted by Gasteiger charge is -2.48. The first kappa shape index (κ1) is 32.6. The van der Waals surface area contributed by atoms with Crippen molar-refractivity contribution in [3.8, 4) is 5.88 Å². The molecular formula is C32H43FN6O6. The third-order valence-electron chi connectivity index (χ3n) is 9.04. The second-order valence-electron chi connectivity index (χ2n) is 12.4. The van der Waals surface area contributed by atoms with Crippen LogP contribution in [-0.4, -0.2) is 126 Å². The van der Waals surface area contributed by atoms with Gasteiger partial charge in [0.15, 0.2) is 0 Å². The standard InChI is InChI=1S/C32H43FN6O6/c1-19-12-36(26(14-38(19)32(42)43)13-37-20(2)16-44-17-21(37)3)15-28(40)39-22(4)18-45-31-27(39)11-24(29(35-31)30(41)34-5)10-23-6-8-25(33)9-7-23/h6-9,11,19-22,26H,10,12-18H2,1-5H3,(H,34,41)(H,42,43)/t19-,20-,21-,22+,26+/m1/s1. The number of carboxylic acid groups (broad SMARTS) is 1. The smallest absolute Gasteiger partial charge is 0.407 e. The lowest BCUT2D eigenvalue weighted by Crippen LogP contribution is -2.65. The number of morpholine rings is 1. The average molecular weight is 627 g/mol. The summed E-state index contributed by atoms with van der Waals surface area (Å²) in [6.45, 7) is 10.7. The van der Waals surface area contributed by atoms with Crippen molar-refractivity contribution in [2.24, 2.45) is 0 Å². The van der Waals surface area contributed by atoms with E-state index >= 15 is 0 Å². The van der Waals surface area contributed by atoms with Crippen LogP contribution in [0.25, 0.3) is 0 Å². The minimum absolute atomic E-state index is 0.0733. The number of rotatable bonds is 7. The fraction of sp³-hybridized carbons (Fsp3) is 0.562. The van der Waals surface area contributed by atoms with Gasteiger partial charge in [0.05, 0.1) is 25.8 Å². The van der Waals surface area contributed by atoms with Crippen molar-refractivity contribution < 1.29 is 33.4 Å².